The molecule has 0 heterocycles. The van der Waals surface area contributed by atoms with Crippen molar-refractivity contribution in [2.45, 2.75) is 43.6 Å². The summed E-state index contributed by atoms with van der Waals surface area (Å²) in [5.74, 6) is 0. The molecule has 0 bridgehead atoms. The van der Waals surface area contributed by atoms with E-state index in [-0.39, 0.29) is 6.55 Å². The Morgan fingerprint density at radius 2 is 0.641 bits per heavy atom. The van der Waals surface area contributed by atoms with Gasteiger partial charge in [-0.2, -0.15) is 79.0 Å². The molecule has 0 fully saturated rings. The first-order chi connectivity index (χ1) is 16.9. The summed E-state index contributed by atoms with van der Waals surface area (Å²) < 4.78 is 243. The second kappa shape index (κ2) is 9.20. The lowest BCUT2D eigenvalue weighted by molar-refractivity contribution is -0.174. The topological polar surface area (TPSA) is 20.2 Å². The van der Waals surface area contributed by atoms with Gasteiger partial charge in [-0.3, -0.25) is 0 Å². The lowest BCUT2D eigenvalue weighted by atomic mass is 9.99. The van der Waals surface area contributed by atoms with Crippen molar-refractivity contribution < 1.29 is 83.8 Å². The number of rotatable bonds is 2. The van der Waals surface area contributed by atoms with Crippen LogP contribution in [0.3, 0.4) is 0 Å². The van der Waals surface area contributed by atoms with Gasteiger partial charge in [-0.1, -0.05) is 12.1 Å². The molecule has 220 valence electrons. The van der Waals surface area contributed by atoms with E-state index in [0.29, 0.717) is 0 Å². The van der Waals surface area contributed by atoms with Crippen molar-refractivity contribution in [1.82, 2.24) is 0 Å². The molecule has 0 saturated carbocycles. The molecule has 0 amide bonds. The molecular formula is C19H8F18OSi. The quantitative estimate of drug-likeness (QED) is 0.272. The van der Waals surface area contributed by atoms with Crippen LogP contribution in [-0.2, 0) is 37.1 Å². The second-order valence-corrected chi connectivity index (χ2v) is 11.1. The molecule has 0 unspecified atom stereocenters. The van der Waals surface area contributed by atoms with Crippen LogP contribution in [0, 0.1) is 0 Å². The first-order valence-corrected chi connectivity index (χ1v) is 11.9. The van der Waals surface area contributed by atoms with E-state index in [4.69, 9.17) is 0 Å². The number of hydrogen-bond donors (Lipinski definition) is 1. The molecule has 0 aliphatic heterocycles. The van der Waals surface area contributed by atoms with Gasteiger partial charge >= 0.3 is 37.1 Å². The normalized spacial score (nSPS) is 14.7. The highest BCUT2D eigenvalue weighted by molar-refractivity contribution is 6.96. The third-order valence-corrected chi connectivity index (χ3v) is 8.14. The maximum absolute atomic E-state index is 13.8. The fourth-order valence-corrected chi connectivity index (χ4v) is 6.42. The number of hydrogen-bond acceptors (Lipinski definition) is 1. The van der Waals surface area contributed by atoms with Gasteiger partial charge in [0.25, 0.3) is 8.32 Å². The van der Waals surface area contributed by atoms with Gasteiger partial charge in [-0.15, -0.1) is 0 Å². The summed E-state index contributed by atoms with van der Waals surface area (Å²) in [5.41, 5.74) is -19.8. The fraction of sp³-hybridized carbons (Fsp3) is 0.368. The Morgan fingerprint density at radius 3 is 0.821 bits per heavy atom. The number of alkyl halides is 18. The first-order valence-electron chi connectivity index (χ1n) is 9.45. The van der Waals surface area contributed by atoms with Gasteiger partial charge in [-0.25, -0.2) is 0 Å². The maximum atomic E-state index is 13.8. The lowest BCUT2D eigenvalue weighted by Crippen LogP contribution is -2.61. The fourth-order valence-electron chi connectivity index (χ4n) is 3.81. The molecular weight excluding hydrogens is 614 g/mol. The van der Waals surface area contributed by atoms with Gasteiger partial charge in [0.05, 0.1) is 33.4 Å². The van der Waals surface area contributed by atoms with Crippen molar-refractivity contribution in [2.75, 3.05) is 0 Å². The average Bonchev–Trinajstić information content (AvgIpc) is 2.67. The molecule has 0 aliphatic rings. The van der Waals surface area contributed by atoms with E-state index in [0.717, 1.165) is 0 Å². The predicted octanol–water partition coefficient (Wildman–Crippen LogP) is 7.48. The minimum Gasteiger partial charge on any atom is -0.424 e. The van der Waals surface area contributed by atoms with E-state index >= 15 is 0 Å². The third kappa shape index (κ3) is 6.25. The Bertz CT molecular complexity index is 1140. The zero-order chi connectivity index (χ0) is 30.9. The Morgan fingerprint density at radius 1 is 0.410 bits per heavy atom. The summed E-state index contributed by atoms with van der Waals surface area (Å²) in [6, 6.07) is -2.43. The molecule has 39 heavy (non-hydrogen) atoms. The molecule has 1 nitrogen and oxygen atoms in total. The lowest BCUT2D eigenvalue weighted by Gasteiger charge is -2.32. The van der Waals surface area contributed by atoms with E-state index in [1.165, 1.54) is 0 Å². The van der Waals surface area contributed by atoms with Crippen LogP contribution in [-0.4, -0.2) is 13.1 Å². The molecule has 0 aromatic heterocycles. The van der Waals surface area contributed by atoms with Crippen molar-refractivity contribution in [3.05, 3.63) is 57.6 Å². The van der Waals surface area contributed by atoms with Crippen LogP contribution < -0.4 is 10.4 Å². The van der Waals surface area contributed by atoms with Gasteiger partial charge in [-0.05, 0) is 29.1 Å². The first kappa shape index (κ1) is 32.6. The van der Waals surface area contributed by atoms with Crippen LogP contribution in [0.4, 0.5) is 79.0 Å². The Labute approximate surface area is 204 Å². The summed E-state index contributed by atoms with van der Waals surface area (Å²) >= 11 is 0. The minimum absolute atomic E-state index is 0.122. The van der Waals surface area contributed by atoms with Crippen LogP contribution in [0.15, 0.2) is 24.3 Å². The van der Waals surface area contributed by atoms with Gasteiger partial charge in [0.15, 0.2) is 0 Å². The van der Waals surface area contributed by atoms with E-state index in [9.17, 15) is 83.8 Å². The summed E-state index contributed by atoms with van der Waals surface area (Å²) in [5, 5.41) is -4.65. The Hall–Kier alpha value is -2.64. The van der Waals surface area contributed by atoms with Crippen molar-refractivity contribution in [3.63, 3.8) is 0 Å². The van der Waals surface area contributed by atoms with E-state index in [1.54, 1.807) is 0 Å². The highest BCUT2D eigenvalue weighted by Crippen LogP contribution is 2.48. The van der Waals surface area contributed by atoms with Crippen LogP contribution >= 0.6 is 0 Å². The van der Waals surface area contributed by atoms with Gasteiger partial charge < -0.3 is 4.80 Å². The van der Waals surface area contributed by atoms with Crippen molar-refractivity contribution >= 4 is 18.7 Å². The molecule has 1 N–H and O–H groups in total. The molecule has 2 aromatic rings. The molecule has 2 aromatic carbocycles. The van der Waals surface area contributed by atoms with E-state index < -0.39 is 113 Å². The molecule has 0 aliphatic carbocycles. The Balaban J connectivity index is 3.26. The van der Waals surface area contributed by atoms with Crippen molar-refractivity contribution in [1.29, 1.82) is 0 Å². The summed E-state index contributed by atoms with van der Waals surface area (Å²) in [6.07, 6.45) is -38.4. The average molecular weight is 622 g/mol. The summed E-state index contributed by atoms with van der Waals surface area (Å²) in [4.78, 5) is 10.8. The predicted molar refractivity (Wildman–Crippen MR) is 96.0 cm³/mol. The third-order valence-electron chi connectivity index (χ3n) is 5.20. The molecule has 0 atom stereocenters. The van der Waals surface area contributed by atoms with Crippen molar-refractivity contribution in [2.24, 2.45) is 0 Å². The smallest absolute Gasteiger partial charge is 0.417 e. The molecule has 20 heteroatoms. The summed E-state index contributed by atoms with van der Waals surface area (Å²) in [7, 11) is -6.32. The van der Waals surface area contributed by atoms with Crippen LogP contribution in [0.5, 0.6) is 0 Å². The molecule has 0 radical (unpaired) electrons. The SMILES string of the molecule is C[Si](O)(c1ccc(C(F)(F)F)c(C(F)(F)F)c1C(F)(F)F)c1ccc(C(F)(F)F)c(C(F)(F)F)c1C(F)(F)F. The zero-order valence-electron chi connectivity index (χ0n) is 18.1. The molecule has 2 rings (SSSR count). The monoisotopic (exact) mass is 622 g/mol. The highest BCUT2D eigenvalue weighted by Gasteiger charge is 2.57. The number of halogens is 18. The standard InChI is InChI=1S/C19H8F18OSi/c1-39(38,8-4-2-6(14(20,21)22)10(16(26,27)28)12(8)18(32,33)34)9-5-3-7(15(23,24)25)11(17(29,30)31)13(9)19(35,36)37/h2-5,38H,1H3. The van der Waals surface area contributed by atoms with Crippen LogP contribution in [0.1, 0.15) is 33.4 Å². The molecule has 0 saturated heterocycles. The van der Waals surface area contributed by atoms with Crippen LogP contribution in [0.2, 0.25) is 6.55 Å². The van der Waals surface area contributed by atoms with E-state index in [1.807, 2.05) is 0 Å². The minimum atomic E-state index is -6.54. The second-order valence-electron chi connectivity index (χ2n) is 7.88. The van der Waals surface area contributed by atoms with E-state index in [2.05, 4.69) is 0 Å². The van der Waals surface area contributed by atoms with Gasteiger partial charge in [0, 0.05) is 0 Å². The maximum Gasteiger partial charge on any atom is 0.417 e. The molecule has 0 spiro atoms. The van der Waals surface area contributed by atoms with Gasteiger partial charge in [0.2, 0.25) is 0 Å². The Kier molecular flexibility index (Phi) is 7.68. The highest BCUT2D eigenvalue weighted by atomic mass is 28.4. The summed E-state index contributed by atoms with van der Waals surface area (Å²) in [6.45, 7) is -0.122. The van der Waals surface area contributed by atoms with Crippen molar-refractivity contribution in [3.8, 4) is 0 Å². The largest absolute Gasteiger partial charge is 0.424 e. The zero-order valence-corrected chi connectivity index (χ0v) is 19.1. The van der Waals surface area contributed by atoms with Gasteiger partial charge in [0.1, 0.15) is 0 Å². The van der Waals surface area contributed by atoms with Crippen LogP contribution in [0.25, 0.3) is 0 Å². The number of benzene rings is 2.